The van der Waals surface area contributed by atoms with Gasteiger partial charge in [-0.05, 0) is 48.7 Å². The molecule has 3 rings (SSSR count). The number of carbonyl (C=O) groups excluding carboxylic acids is 3. The van der Waals surface area contributed by atoms with Crippen molar-refractivity contribution in [1.29, 1.82) is 0 Å². The van der Waals surface area contributed by atoms with E-state index < -0.39 is 5.97 Å². The minimum Gasteiger partial charge on any atom is -0.497 e. The smallest absolute Gasteiger partial charge is 0.338 e. The molecular weight excluding hydrogens is 372 g/mol. The number of amides is 2. The summed E-state index contributed by atoms with van der Waals surface area (Å²) in [5.41, 5.74) is 1.76. The number of likely N-dealkylation sites (N-methyl/N-ethyl adjacent to an activating group) is 1. The van der Waals surface area contributed by atoms with Gasteiger partial charge in [-0.15, -0.1) is 0 Å². The van der Waals surface area contributed by atoms with E-state index in [1.807, 2.05) is 24.3 Å². The zero-order valence-corrected chi connectivity index (χ0v) is 16.5. The van der Waals surface area contributed by atoms with Crippen molar-refractivity contribution in [2.45, 2.75) is 19.4 Å². The van der Waals surface area contributed by atoms with Crippen molar-refractivity contribution in [3.63, 3.8) is 0 Å². The van der Waals surface area contributed by atoms with Crippen LogP contribution in [0.1, 0.15) is 28.8 Å². The van der Waals surface area contributed by atoms with Gasteiger partial charge in [-0.1, -0.05) is 18.2 Å². The first-order valence-corrected chi connectivity index (χ1v) is 9.41. The van der Waals surface area contributed by atoms with E-state index in [0.29, 0.717) is 12.2 Å². The highest BCUT2D eigenvalue weighted by Gasteiger charge is 2.29. The molecule has 0 heterocycles. The van der Waals surface area contributed by atoms with E-state index in [1.54, 1.807) is 38.4 Å². The molecule has 29 heavy (non-hydrogen) atoms. The maximum Gasteiger partial charge on any atom is 0.338 e. The summed E-state index contributed by atoms with van der Waals surface area (Å²) in [6.45, 7) is 0.0349. The zero-order chi connectivity index (χ0) is 20.8. The van der Waals surface area contributed by atoms with E-state index >= 15 is 0 Å². The van der Waals surface area contributed by atoms with Crippen molar-refractivity contribution >= 4 is 23.5 Å². The molecule has 7 nitrogen and oxygen atoms in total. The molecule has 1 aliphatic rings. The summed E-state index contributed by atoms with van der Waals surface area (Å²) in [6, 6.07) is 13.9. The van der Waals surface area contributed by atoms with Gasteiger partial charge < -0.3 is 19.7 Å². The van der Waals surface area contributed by atoms with E-state index in [1.165, 1.54) is 4.90 Å². The topological polar surface area (TPSA) is 84.9 Å². The highest BCUT2D eigenvalue weighted by Crippen LogP contribution is 2.30. The average Bonchev–Trinajstić information content (AvgIpc) is 3.58. The molecule has 2 aromatic rings. The second-order valence-corrected chi connectivity index (χ2v) is 7.02. The van der Waals surface area contributed by atoms with Gasteiger partial charge in [0, 0.05) is 25.2 Å². The Labute approximate surface area is 169 Å². The fourth-order valence-electron chi connectivity index (χ4n) is 2.73. The third-order valence-electron chi connectivity index (χ3n) is 4.65. The first-order chi connectivity index (χ1) is 14.0. The highest BCUT2D eigenvalue weighted by atomic mass is 16.5. The predicted octanol–water partition coefficient (Wildman–Crippen LogP) is 2.86. The van der Waals surface area contributed by atoms with E-state index in [9.17, 15) is 14.4 Å². The third kappa shape index (κ3) is 5.81. The Morgan fingerprint density at radius 1 is 1.10 bits per heavy atom. The summed E-state index contributed by atoms with van der Waals surface area (Å²) in [5.74, 6) is -0.145. The second kappa shape index (κ2) is 9.23. The Bertz CT molecular complexity index is 890. The van der Waals surface area contributed by atoms with Crippen LogP contribution < -0.4 is 10.1 Å². The quantitative estimate of drug-likeness (QED) is 0.694. The van der Waals surface area contributed by atoms with Crippen LogP contribution >= 0.6 is 0 Å². The Kier molecular flexibility index (Phi) is 6.49. The van der Waals surface area contributed by atoms with Crippen molar-refractivity contribution in [1.82, 2.24) is 4.90 Å². The van der Waals surface area contributed by atoms with Crippen molar-refractivity contribution in [3.05, 3.63) is 59.7 Å². The van der Waals surface area contributed by atoms with Gasteiger partial charge in [-0.3, -0.25) is 9.59 Å². The molecule has 0 bridgehead atoms. The van der Waals surface area contributed by atoms with Crippen molar-refractivity contribution in [2.75, 3.05) is 26.1 Å². The fourth-order valence-corrected chi connectivity index (χ4v) is 2.73. The van der Waals surface area contributed by atoms with Gasteiger partial charge in [0.2, 0.25) is 5.91 Å². The molecule has 2 aromatic carbocycles. The van der Waals surface area contributed by atoms with Crippen LogP contribution in [-0.2, 0) is 20.9 Å². The maximum atomic E-state index is 12.3. The summed E-state index contributed by atoms with van der Waals surface area (Å²) in [4.78, 5) is 37.9. The molecule has 0 radical (unpaired) electrons. The normalized spacial score (nSPS) is 12.8. The molecule has 7 heteroatoms. The summed E-state index contributed by atoms with van der Waals surface area (Å²) >= 11 is 0. The highest BCUT2D eigenvalue weighted by molar-refractivity contribution is 5.96. The largest absolute Gasteiger partial charge is 0.497 e. The molecule has 2 amide bonds. The van der Waals surface area contributed by atoms with E-state index in [-0.39, 0.29) is 29.9 Å². The van der Waals surface area contributed by atoms with Crippen LogP contribution in [0.2, 0.25) is 0 Å². The number of methoxy groups -OCH3 is 1. The standard InChI is InChI=1S/C22H24N2O5/c1-24(13-15-6-10-19(28-2)11-7-15)20(25)14-29-22(27)17-4-3-5-18(12-17)23-21(26)16-8-9-16/h3-7,10-12,16H,8-9,13-14H2,1-2H3,(H,23,26). The van der Waals surface area contributed by atoms with Crippen LogP contribution in [0, 0.1) is 5.92 Å². The van der Waals surface area contributed by atoms with Crippen LogP contribution in [-0.4, -0.2) is 43.4 Å². The molecule has 1 N–H and O–H groups in total. The van der Waals surface area contributed by atoms with Gasteiger partial charge in [0.05, 0.1) is 12.7 Å². The van der Waals surface area contributed by atoms with Crippen LogP contribution in [0.4, 0.5) is 5.69 Å². The summed E-state index contributed by atoms with van der Waals surface area (Å²) in [6.07, 6.45) is 1.81. The number of benzene rings is 2. The lowest BCUT2D eigenvalue weighted by atomic mass is 10.2. The minimum absolute atomic E-state index is 0.0362. The number of anilines is 1. The van der Waals surface area contributed by atoms with Gasteiger partial charge in [-0.25, -0.2) is 4.79 Å². The van der Waals surface area contributed by atoms with Gasteiger partial charge in [0.15, 0.2) is 6.61 Å². The monoisotopic (exact) mass is 396 g/mol. The van der Waals surface area contributed by atoms with E-state index in [0.717, 1.165) is 24.2 Å². The zero-order valence-electron chi connectivity index (χ0n) is 16.5. The molecule has 0 unspecified atom stereocenters. The third-order valence-corrected chi connectivity index (χ3v) is 4.65. The second-order valence-electron chi connectivity index (χ2n) is 7.02. The van der Waals surface area contributed by atoms with Crippen molar-refractivity contribution in [3.8, 4) is 5.75 Å². The molecule has 0 atom stereocenters. The summed E-state index contributed by atoms with van der Waals surface area (Å²) < 4.78 is 10.3. The van der Waals surface area contributed by atoms with Crippen LogP contribution in [0.25, 0.3) is 0 Å². The number of esters is 1. The van der Waals surface area contributed by atoms with Crippen LogP contribution in [0.15, 0.2) is 48.5 Å². The molecular formula is C22H24N2O5. The molecule has 1 saturated carbocycles. The Morgan fingerprint density at radius 2 is 1.83 bits per heavy atom. The predicted molar refractivity (Wildman–Crippen MR) is 108 cm³/mol. The Balaban J connectivity index is 1.49. The van der Waals surface area contributed by atoms with Gasteiger partial charge in [-0.2, -0.15) is 0 Å². The molecule has 0 aromatic heterocycles. The van der Waals surface area contributed by atoms with Crippen molar-refractivity contribution in [2.24, 2.45) is 5.92 Å². The lowest BCUT2D eigenvalue weighted by Gasteiger charge is -2.17. The van der Waals surface area contributed by atoms with Crippen LogP contribution in [0.3, 0.4) is 0 Å². The molecule has 0 saturated heterocycles. The number of nitrogens with zero attached hydrogens (tertiary/aromatic N) is 1. The lowest BCUT2D eigenvalue weighted by molar-refractivity contribution is -0.133. The number of ether oxygens (including phenoxy) is 2. The van der Waals surface area contributed by atoms with Gasteiger partial charge >= 0.3 is 5.97 Å². The summed E-state index contributed by atoms with van der Waals surface area (Å²) in [5, 5.41) is 2.79. The Hall–Kier alpha value is -3.35. The van der Waals surface area contributed by atoms with E-state index in [4.69, 9.17) is 9.47 Å². The molecule has 0 spiro atoms. The number of carbonyl (C=O) groups is 3. The van der Waals surface area contributed by atoms with E-state index in [2.05, 4.69) is 5.32 Å². The molecule has 1 aliphatic carbocycles. The van der Waals surface area contributed by atoms with Crippen molar-refractivity contribution < 1.29 is 23.9 Å². The fraction of sp³-hybridized carbons (Fsp3) is 0.318. The number of hydrogen-bond acceptors (Lipinski definition) is 5. The molecule has 1 fully saturated rings. The first kappa shape index (κ1) is 20.4. The maximum absolute atomic E-state index is 12.3. The summed E-state index contributed by atoms with van der Waals surface area (Å²) in [7, 11) is 3.24. The van der Waals surface area contributed by atoms with Crippen LogP contribution in [0.5, 0.6) is 5.75 Å². The first-order valence-electron chi connectivity index (χ1n) is 9.41. The minimum atomic E-state index is -0.612. The molecule has 152 valence electrons. The van der Waals surface area contributed by atoms with Gasteiger partial charge in [0.1, 0.15) is 5.75 Å². The average molecular weight is 396 g/mol. The van der Waals surface area contributed by atoms with Gasteiger partial charge in [0.25, 0.3) is 5.91 Å². The lowest BCUT2D eigenvalue weighted by Crippen LogP contribution is -2.30. The SMILES string of the molecule is COc1ccc(CN(C)C(=O)COC(=O)c2cccc(NC(=O)C3CC3)c2)cc1. The number of nitrogens with one attached hydrogen (secondary N) is 1. The number of rotatable bonds is 8. The number of hydrogen-bond donors (Lipinski definition) is 1. The Morgan fingerprint density at radius 3 is 2.48 bits per heavy atom. The molecule has 0 aliphatic heterocycles.